The number of ether oxygens (including phenoxy) is 1. The zero-order chi connectivity index (χ0) is 17.7. The molecular formula is C18H22N2O3S. The first-order chi connectivity index (χ1) is 11.3. The van der Waals surface area contributed by atoms with E-state index >= 15 is 0 Å². The van der Waals surface area contributed by atoms with Crippen LogP contribution in [0.3, 0.4) is 0 Å². The maximum Gasteiger partial charge on any atom is 0.277 e. The summed E-state index contributed by atoms with van der Waals surface area (Å²) in [7, 11) is -3.72. The van der Waals surface area contributed by atoms with Gasteiger partial charge in [-0.3, -0.25) is 0 Å². The summed E-state index contributed by atoms with van der Waals surface area (Å²) >= 11 is 0. The van der Waals surface area contributed by atoms with Crippen LogP contribution >= 0.6 is 0 Å². The van der Waals surface area contributed by atoms with Crippen molar-refractivity contribution in [3.63, 3.8) is 0 Å². The van der Waals surface area contributed by atoms with Crippen LogP contribution in [0.4, 0.5) is 0 Å². The topological polar surface area (TPSA) is 67.8 Å². The summed E-state index contributed by atoms with van der Waals surface area (Å²) in [5.41, 5.74) is 3.13. The van der Waals surface area contributed by atoms with Crippen LogP contribution in [0, 0.1) is 20.8 Å². The molecule has 0 atom stereocenters. The van der Waals surface area contributed by atoms with E-state index in [0.29, 0.717) is 29.0 Å². The summed E-state index contributed by atoms with van der Waals surface area (Å²) in [6.45, 7) is 7.91. The minimum absolute atomic E-state index is 0.267. The van der Waals surface area contributed by atoms with Gasteiger partial charge in [-0.05, 0) is 51.0 Å². The third-order valence-corrected chi connectivity index (χ3v) is 5.00. The molecule has 128 valence electrons. The molecule has 0 fully saturated rings. The zero-order valence-corrected chi connectivity index (χ0v) is 15.1. The van der Waals surface area contributed by atoms with Crippen LogP contribution in [0.15, 0.2) is 46.4 Å². The second-order valence-electron chi connectivity index (χ2n) is 5.55. The summed E-state index contributed by atoms with van der Waals surface area (Å²) in [6, 6.07) is 11.0. The number of aryl methyl sites for hydroxylation is 3. The summed E-state index contributed by atoms with van der Waals surface area (Å²) in [6.07, 6.45) is 1.45. The Bertz CT molecular complexity index is 835. The molecular weight excluding hydrogens is 324 g/mol. The van der Waals surface area contributed by atoms with Gasteiger partial charge < -0.3 is 4.74 Å². The van der Waals surface area contributed by atoms with Gasteiger partial charge in [0.05, 0.1) is 17.7 Å². The molecule has 0 aromatic heterocycles. The maximum absolute atomic E-state index is 12.5. The predicted molar refractivity (Wildman–Crippen MR) is 96.2 cm³/mol. The second-order valence-corrected chi connectivity index (χ2v) is 7.15. The first kappa shape index (κ1) is 18.0. The van der Waals surface area contributed by atoms with Crippen molar-refractivity contribution >= 4 is 16.2 Å². The minimum Gasteiger partial charge on any atom is -0.493 e. The number of rotatable bonds is 6. The van der Waals surface area contributed by atoms with E-state index in [9.17, 15) is 8.42 Å². The van der Waals surface area contributed by atoms with Crippen LogP contribution in [0.5, 0.6) is 5.75 Å². The van der Waals surface area contributed by atoms with Crippen LogP contribution in [0.1, 0.15) is 29.2 Å². The number of hydrogen-bond donors (Lipinski definition) is 1. The fourth-order valence-corrected chi connectivity index (χ4v) is 3.92. The molecule has 0 amide bonds. The lowest BCUT2D eigenvalue weighted by molar-refractivity contribution is 0.340. The van der Waals surface area contributed by atoms with Crippen LogP contribution in [-0.4, -0.2) is 21.2 Å². The predicted octanol–water partition coefficient (Wildman–Crippen LogP) is 3.32. The summed E-state index contributed by atoms with van der Waals surface area (Å²) in [5.74, 6) is 0.658. The Morgan fingerprint density at radius 2 is 1.75 bits per heavy atom. The molecule has 6 heteroatoms. The molecule has 5 nitrogen and oxygen atoms in total. The van der Waals surface area contributed by atoms with Crippen LogP contribution in [-0.2, 0) is 10.0 Å². The second kappa shape index (κ2) is 7.49. The highest BCUT2D eigenvalue weighted by Crippen LogP contribution is 2.21. The molecule has 2 aromatic carbocycles. The monoisotopic (exact) mass is 346 g/mol. The lowest BCUT2D eigenvalue weighted by atomic mass is 10.1. The summed E-state index contributed by atoms with van der Waals surface area (Å²) in [5, 5.41) is 3.89. The summed E-state index contributed by atoms with van der Waals surface area (Å²) < 4.78 is 30.5. The molecule has 2 rings (SSSR count). The Labute approximate surface area is 143 Å². The van der Waals surface area contributed by atoms with Crippen LogP contribution in [0.25, 0.3) is 0 Å². The van der Waals surface area contributed by atoms with Gasteiger partial charge in [-0.15, -0.1) is 0 Å². The third kappa shape index (κ3) is 4.14. The minimum atomic E-state index is -3.72. The Kier molecular flexibility index (Phi) is 5.62. The van der Waals surface area contributed by atoms with Gasteiger partial charge in [0, 0.05) is 5.56 Å². The van der Waals surface area contributed by atoms with Crippen LogP contribution in [0.2, 0.25) is 0 Å². The number of nitrogens with zero attached hydrogens (tertiary/aromatic N) is 1. The Hall–Kier alpha value is -2.34. The molecule has 2 aromatic rings. The molecule has 0 saturated carbocycles. The van der Waals surface area contributed by atoms with Crippen molar-refractivity contribution in [2.75, 3.05) is 6.61 Å². The van der Waals surface area contributed by atoms with Crippen molar-refractivity contribution in [3.05, 3.63) is 58.7 Å². The molecule has 24 heavy (non-hydrogen) atoms. The maximum atomic E-state index is 12.5. The molecule has 1 N–H and O–H groups in total. The molecule has 0 saturated heterocycles. The standard InChI is InChI=1S/C18H22N2O3S/c1-5-23-17-9-7-6-8-16(17)12-19-20-24(21,22)18-14(3)10-13(2)11-15(18)4/h6-12,20H,5H2,1-4H3/b19-12+. The highest BCUT2D eigenvalue weighted by molar-refractivity contribution is 7.89. The Balaban J connectivity index is 2.26. The Morgan fingerprint density at radius 1 is 1.12 bits per heavy atom. The molecule has 0 radical (unpaired) electrons. The van der Waals surface area contributed by atoms with E-state index in [-0.39, 0.29) is 4.90 Å². The Morgan fingerprint density at radius 3 is 2.38 bits per heavy atom. The first-order valence-electron chi connectivity index (χ1n) is 7.69. The van der Waals surface area contributed by atoms with Crippen molar-refractivity contribution in [2.45, 2.75) is 32.6 Å². The van der Waals surface area contributed by atoms with E-state index in [4.69, 9.17) is 4.74 Å². The molecule has 0 aliphatic carbocycles. The van der Waals surface area contributed by atoms with Crippen molar-refractivity contribution in [1.82, 2.24) is 4.83 Å². The summed E-state index contributed by atoms with van der Waals surface area (Å²) in [4.78, 5) is 2.55. The number of benzene rings is 2. The highest BCUT2D eigenvalue weighted by Gasteiger charge is 2.19. The molecule has 0 heterocycles. The number of sulfonamides is 1. The van der Waals surface area contributed by atoms with Gasteiger partial charge in [0.2, 0.25) is 0 Å². The number of nitrogens with one attached hydrogen (secondary N) is 1. The molecule has 0 aliphatic rings. The largest absolute Gasteiger partial charge is 0.493 e. The van der Waals surface area contributed by atoms with Crippen molar-refractivity contribution in [1.29, 1.82) is 0 Å². The number of hydrazone groups is 1. The SMILES string of the molecule is CCOc1ccccc1/C=N/NS(=O)(=O)c1c(C)cc(C)cc1C. The van der Waals surface area contributed by atoms with E-state index in [1.165, 1.54) is 6.21 Å². The average Bonchev–Trinajstić information content (AvgIpc) is 2.47. The fraction of sp³-hybridized carbons (Fsp3) is 0.278. The lowest BCUT2D eigenvalue weighted by Gasteiger charge is -2.11. The van der Waals surface area contributed by atoms with Crippen molar-refractivity contribution < 1.29 is 13.2 Å². The number of hydrogen-bond acceptors (Lipinski definition) is 4. The van der Waals surface area contributed by atoms with E-state index in [1.807, 2.05) is 50.2 Å². The van der Waals surface area contributed by atoms with E-state index in [0.717, 1.165) is 5.56 Å². The smallest absolute Gasteiger partial charge is 0.277 e. The van der Waals surface area contributed by atoms with Crippen molar-refractivity contribution in [2.24, 2.45) is 5.10 Å². The van der Waals surface area contributed by atoms with Gasteiger partial charge in [0.15, 0.2) is 0 Å². The fourth-order valence-electron chi connectivity index (χ4n) is 2.68. The number of para-hydroxylation sites is 1. The van der Waals surface area contributed by atoms with Crippen molar-refractivity contribution in [3.8, 4) is 5.75 Å². The third-order valence-electron chi connectivity index (χ3n) is 3.47. The quantitative estimate of drug-likeness (QED) is 0.644. The van der Waals surface area contributed by atoms with Gasteiger partial charge in [-0.25, -0.2) is 4.83 Å². The van der Waals surface area contributed by atoms with E-state index in [1.54, 1.807) is 13.8 Å². The zero-order valence-electron chi connectivity index (χ0n) is 14.3. The first-order valence-corrected chi connectivity index (χ1v) is 9.18. The van der Waals surface area contributed by atoms with E-state index < -0.39 is 10.0 Å². The van der Waals surface area contributed by atoms with Gasteiger partial charge >= 0.3 is 0 Å². The van der Waals surface area contributed by atoms with Gasteiger partial charge in [0.25, 0.3) is 10.0 Å². The lowest BCUT2D eigenvalue weighted by Crippen LogP contribution is -2.20. The average molecular weight is 346 g/mol. The molecule has 0 spiro atoms. The normalized spacial score (nSPS) is 11.7. The molecule has 0 unspecified atom stereocenters. The highest BCUT2D eigenvalue weighted by atomic mass is 32.2. The molecule has 0 aliphatic heterocycles. The van der Waals surface area contributed by atoms with Crippen LogP contribution < -0.4 is 9.57 Å². The van der Waals surface area contributed by atoms with E-state index in [2.05, 4.69) is 9.93 Å². The van der Waals surface area contributed by atoms with Gasteiger partial charge in [-0.2, -0.15) is 13.5 Å². The van der Waals surface area contributed by atoms with Gasteiger partial charge in [-0.1, -0.05) is 29.8 Å². The van der Waals surface area contributed by atoms with Gasteiger partial charge in [0.1, 0.15) is 5.75 Å². The molecule has 0 bridgehead atoms.